The minimum absolute atomic E-state index is 0.132. The molecule has 0 radical (unpaired) electrons. The number of aromatic nitrogens is 2. The molecule has 0 amide bonds. The minimum Gasteiger partial charge on any atom is -0.438 e. The lowest BCUT2D eigenvalue weighted by molar-refractivity contribution is 0.397. The first-order chi connectivity index (χ1) is 16.6. The molecule has 1 atom stereocenters. The van der Waals surface area contributed by atoms with Crippen molar-refractivity contribution in [3.05, 3.63) is 82.9 Å². The Morgan fingerprint density at radius 3 is 2.71 bits per heavy atom. The molecule has 6 rings (SSSR count). The number of hydrogen-bond acceptors (Lipinski definition) is 6. The van der Waals surface area contributed by atoms with Crippen LogP contribution in [0.15, 0.2) is 66.2 Å². The number of nitrogens with two attached hydrogens (primary N) is 1. The van der Waals surface area contributed by atoms with E-state index >= 15 is 0 Å². The number of rotatable bonds is 2. The molecule has 0 aliphatic carbocycles. The number of anilines is 1. The zero-order chi connectivity index (χ0) is 23.2. The van der Waals surface area contributed by atoms with Gasteiger partial charge in [-0.3, -0.25) is 4.98 Å². The number of pyridine rings is 2. The van der Waals surface area contributed by atoms with Crippen molar-refractivity contribution < 1.29 is 4.74 Å². The Morgan fingerprint density at radius 2 is 1.88 bits per heavy atom. The van der Waals surface area contributed by atoms with Crippen LogP contribution in [-0.4, -0.2) is 23.1 Å². The van der Waals surface area contributed by atoms with E-state index in [1.54, 1.807) is 6.20 Å². The average Bonchev–Trinajstić information content (AvgIpc) is 2.87. The van der Waals surface area contributed by atoms with Crippen molar-refractivity contribution in [3.8, 4) is 11.8 Å². The van der Waals surface area contributed by atoms with Crippen LogP contribution in [0.1, 0.15) is 41.9 Å². The summed E-state index contributed by atoms with van der Waals surface area (Å²) in [4.78, 5) is 12.1. The maximum Gasteiger partial charge on any atom is 0.205 e. The Balaban J connectivity index is 1.65. The molecule has 2 aliphatic heterocycles. The topological polar surface area (TPSA) is 88.1 Å². The van der Waals surface area contributed by atoms with Gasteiger partial charge in [-0.15, -0.1) is 0 Å². The molecule has 4 aromatic rings. The van der Waals surface area contributed by atoms with Gasteiger partial charge in [-0.05, 0) is 50.5 Å². The van der Waals surface area contributed by atoms with E-state index in [0.717, 1.165) is 64.7 Å². The van der Waals surface area contributed by atoms with Gasteiger partial charge in [0, 0.05) is 41.2 Å². The molecule has 1 unspecified atom stereocenters. The van der Waals surface area contributed by atoms with Gasteiger partial charge < -0.3 is 15.4 Å². The Hall–Kier alpha value is -4.11. The summed E-state index contributed by atoms with van der Waals surface area (Å²) >= 11 is 0. The van der Waals surface area contributed by atoms with Gasteiger partial charge in [0.15, 0.2) is 5.75 Å². The second-order valence-electron chi connectivity index (χ2n) is 9.13. The molecule has 2 aromatic heterocycles. The van der Waals surface area contributed by atoms with Gasteiger partial charge in [-0.1, -0.05) is 29.8 Å². The van der Waals surface area contributed by atoms with Gasteiger partial charge >= 0.3 is 0 Å². The predicted molar refractivity (Wildman–Crippen MR) is 134 cm³/mol. The van der Waals surface area contributed by atoms with Crippen molar-refractivity contribution in [2.45, 2.75) is 32.1 Å². The SMILES string of the molecule is Cc1ccc2nc(N3CCCCC3)c(C3C(C#N)=C(N)Oc4c3ccc3cccnc43)cc2c1. The second kappa shape index (κ2) is 8.03. The predicted octanol–water partition coefficient (Wildman–Crippen LogP) is 5.30. The first-order valence-electron chi connectivity index (χ1n) is 11.8. The second-order valence-corrected chi connectivity index (χ2v) is 9.13. The molecule has 168 valence electrons. The van der Waals surface area contributed by atoms with E-state index in [4.69, 9.17) is 15.5 Å². The zero-order valence-corrected chi connectivity index (χ0v) is 19.1. The summed E-state index contributed by atoms with van der Waals surface area (Å²) in [6, 6.07) is 18.8. The van der Waals surface area contributed by atoms with Crippen molar-refractivity contribution in [1.82, 2.24) is 9.97 Å². The fourth-order valence-electron chi connectivity index (χ4n) is 5.25. The van der Waals surface area contributed by atoms with E-state index in [1.165, 1.54) is 12.0 Å². The quantitative estimate of drug-likeness (QED) is 0.449. The van der Waals surface area contributed by atoms with Crippen LogP contribution >= 0.6 is 0 Å². The third kappa shape index (κ3) is 3.24. The lowest BCUT2D eigenvalue weighted by Gasteiger charge is -2.33. The highest BCUT2D eigenvalue weighted by Crippen LogP contribution is 2.47. The summed E-state index contributed by atoms with van der Waals surface area (Å²) in [7, 11) is 0. The largest absolute Gasteiger partial charge is 0.438 e. The average molecular weight is 448 g/mol. The fourth-order valence-corrected chi connectivity index (χ4v) is 5.25. The van der Waals surface area contributed by atoms with Crippen LogP contribution < -0.4 is 15.4 Å². The Bertz CT molecular complexity index is 1510. The molecule has 1 fully saturated rings. The van der Waals surface area contributed by atoms with Crippen LogP contribution in [0.2, 0.25) is 0 Å². The lowest BCUT2D eigenvalue weighted by atomic mass is 9.82. The normalized spacial score (nSPS) is 18.0. The van der Waals surface area contributed by atoms with Crippen molar-refractivity contribution in [3.63, 3.8) is 0 Å². The molecule has 2 N–H and O–H groups in total. The standard InChI is InChI=1S/C28H25N5O/c1-17-7-10-23-19(14-17)15-21(28(32-23)33-12-3-2-4-13-33)24-20-9-8-18-6-5-11-31-25(18)26(20)34-27(30)22(24)16-29/h5-11,14-15,24H,2-4,12-13,30H2,1H3. The number of nitrogens with zero attached hydrogens (tertiary/aromatic N) is 4. The molecule has 6 heteroatoms. The molecule has 2 aromatic carbocycles. The van der Waals surface area contributed by atoms with E-state index in [0.29, 0.717) is 11.3 Å². The highest BCUT2D eigenvalue weighted by molar-refractivity contribution is 5.88. The third-order valence-corrected chi connectivity index (χ3v) is 6.90. The summed E-state index contributed by atoms with van der Waals surface area (Å²) in [6.45, 7) is 3.99. The molecule has 6 nitrogen and oxygen atoms in total. The molecule has 0 spiro atoms. The molecule has 0 saturated carbocycles. The van der Waals surface area contributed by atoms with E-state index in [2.05, 4.69) is 47.1 Å². The summed E-state index contributed by atoms with van der Waals surface area (Å²) in [5.41, 5.74) is 11.5. The van der Waals surface area contributed by atoms with Crippen LogP contribution in [0, 0.1) is 18.3 Å². The molecule has 0 bridgehead atoms. The Morgan fingerprint density at radius 1 is 1.03 bits per heavy atom. The van der Waals surface area contributed by atoms with Crippen LogP contribution in [-0.2, 0) is 0 Å². The Kier molecular flexibility index (Phi) is 4.84. The van der Waals surface area contributed by atoms with Gasteiger partial charge in [0.05, 0.1) is 11.4 Å². The smallest absolute Gasteiger partial charge is 0.205 e. The van der Waals surface area contributed by atoms with Gasteiger partial charge in [0.25, 0.3) is 0 Å². The minimum atomic E-state index is -0.380. The summed E-state index contributed by atoms with van der Waals surface area (Å²) < 4.78 is 6.03. The third-order valence-electron chi connectivity index (χ3n) is 6.90. The maximum atomic E-state index is 10.2. The number of aryl methyl sites for hydroxylation is 1. The number of nitriles is 1. The fraction of sp³-hybridized carbons (Fsp3) is 0.250. The monoisotopic (exact) mass is 447 g/mol. The molecular weight excluding hydrogens is 422 g/mol. The lowest BCUT2D eigenvalue weighted by Crippen LogP contribution is -2.32. The number of ether oxygens (including phenoxy) is 1. The first kappa shape index (κ1) is 20.5. The number of piperidine rings is 1. The molecular formula is C28H25N5O. The van der Waals surface area contributed by atoms with Crippen LogP contribution in [0.25, 0.3) is 21.8 Å². The van der Waals surface area contributed by atoms with Gasteiger partial charge in [-0.25, -0.2) is 4.98 Å². The van der Waals surface area contributed by atoms with Gasteiger partial charge in [0.1, 0.15) is 23.0 Å². The highest BCUT2D eigenvalue weighted by atomic mass is 16.5. The van der Waals surface area contributed by atoms with Crippen LogP contribution in [0.5, 0.6) is 5.75 Å². The molecule has 1 saturated heterocycles. The Labute approximate surface area is 198 Å². The summed E-state index contributed by atoms with van der Waals surface area (Å²) in [6.07, 6.45) is 5.25. The highest BCUT2D eigenvalue weighted by Gasteiger charge is 2.35. The number of allylic oxidation sites excluding steroid dienone is 1. The van der Waals surface area contributed by atoms with E-state index < -0.39 is 0 Å². The number of benzene rings is 2. The van der Waals surface area contributed by atoms with Crippen molar-refractivity contribution in [1.29, 1.82) is 5.26 Å². The van der Waals surface area contributed by atoms with E-state index in [9.17, 15) is 5.26 Å². The number of fused-ring (bicyclic) bond motifs is 4. The molecule has 34 heavy (non-hydrogen) atoms. The maximum absolute atomic E-state index is 10.2. The van der Waals surface area contributed by atoms with Crippen molar-refractivity contribution >= 4 is 27.6 Å². The molecule has 4 heterocycles. The molecule has 2 aliphatic rings. The van der Waals surface area contributed by atoms with E-state index in [-0.39, 0.29) is 11.8 Å². The van der Waals surface area contributed by atoms with Crippen molar-refractivity contribution in [2.24, 2.45) is 5.73 Å². The van der Waals surface area contributed by atoms with E-state index in [1.807, 2.05) is 24.3 Å². The van der Waals surface area contributed by atoms with Gasteiger partial charge in [0.2, 0.25) is 5.88 Å². The summed E-state index contributed by atoms with van der Waals surface area (Å²) in [5.74, 6) is 1.30. The van der Waals surface area contributed by atoms with Crippen molar-refractivity contribution in [2.75, 3.05) is 18.0 Å². The summed E-state index contributed by atoms with van der Waals surface area (Å²) in [5, 5.41) is 12.2. The first-order valence-corrected chi connectivity index (χ1v) is 11.8. The van der Waals surface area contributed by atoms with Crippen LogP contribution in [0.4, 0.5) is 5.82 Å². The van der Waals surface area contributed by atoms with Gasteiger partial charge in [-0.2, -0.15) is 5.26 Å². The number of hydrogen-bond donors (Lipinski definition) is 1. The van der Waals surface area contributed by atoms with Crippen LogP contribution in [0.3, 0.4) is 0 Å². The zero-order valence-electron chi connectivity index (χ0n) is 19.1.